The van der Waals surface area contributed by atoms with Crippen LogP contribution in [0.25, 0.3) is 11.1 Å². The Morgan fingerprint density at radius 3 is 2.38 bits per heavy atom. The molecule has 1 N–H and O–H groups in total. The molecule has 2 heterocycles. The highest BCUT2D eigenvalue weighted by atomic mass is 16.5. The number of hydrogen-bond acceptors (Lipinski definition) is 5. The first-order valence-electron chi connectivity index (χ1n) is 7.61. The molecule has 0 amide bonds. The van der Waals surface area contributed by atoms with Crippen LogP contribution in [0.1, 0.15) is 12.5 Å². The summed E-state index contributed by atoms with van der Waals surface area (Å²) in [6.07, 6.45) is 3.55. The van der Waals surface area contributed by atoms with E-state index in [1.807, 2.05) is 43.3 Å². The van der Waals surface area contributed by atoms with Gasteiger partial charge in [-0.3, -0.25) is 4.98 Å². The predicted molar refractivity (Wildman–Crippen MR) is 93.1 cm³/mol. The summed E-state index contributed by atoms with van der Waals surface area (Å²) in [6, 6.07) is 17.5. The van der Waals surface area contributed by atoms with Crippen molar-refractivity contribution in [2.24, 2.45) is 0 Å². The Balaban J connectivity index is 1.79. The van der Waals surface area contributed by atoms with Gasteiger partial charge in [0, 0.05) is 18.1 Å². The van der Waals surface area contributed by atoms with Crippen LogP contribution < -0.4 is 10.1 Å². The molecular formula is C19H16N4O. The molecule has 2 aromatic heterocycles. The minimum Gasteiger partial charge on any atom is -0.477 e. The molecule has 5 nitrogen and oxygen atoms in total. The first-order chi connectivity index (χ1) is 11.8. The lowest BCUT2D eigenvalue weighted by Gasteiger charge is -2.10. The number of nitrogens with zero attached hydrogens (tertiary/aromatic N) is 3. The molecule has 3 rings (SSSR count). The predicted octanol–water partition coefficient (Wildman–Crippen LogP) is 4.16. The van der Waals surface area contributed by atoms with Gasteiger partial charge in [0.25, 0.3) is 0 Å². The van der Waals surface area contributed by atoms with E-state index in [1.165, 1.54) is 0 Å². The van der Waals surface area contributed by atoms with Gasteiger partial charge < -0.3 is 10.1 Å². The standard InChI is InChI=1S/C19H16N4O/c1-2-24-19-16(13-20)5-8-18(23-19)22-17-6-3-14(4-7-17)15-9-11-21-12-10-15/h3-12H,2H2,1H3,(H,22,23). The van der Waals surface area contributed by atoms with E-state index in [1.54, 1.807) is 24.5 Å². The number of nitriles is 1. The quantitative estimate of drug-likeness (QED) is 0.765. The highest BCUT2D eigenvalue weighted by Gasteiger charge is 2.07. The minimum atomic E-state index is 0.346. The molecule has 5 heteroatoms. The molecule has 24 heavy (non-hydrogen) atoms. The third-order valence-corrected chi connectivity index (χ3v) is 3.43. The van der Waals surface area contributed by atoms with Crippen LogP contribution in [0.4, 0.5) is 11.5 Å². The van der Waals surface area contributed by atoms with Gasteiger partial charge in [0.2, 0.25) is 5.88 Å². The van der Waals surface area contributed by atoms with E-state index in [0.29, 0.717) is 23.9 Å². The van der Waals surface area contributed by atoms with Gasteiger partial charge in [0.1, 0.15) is 17.5 Å². The fourth-order valence-electron chi connectivity index (χ4n) is 2.28. The number of benzene rings is 1. The first kappa shape index (κ1) is 15.5. The zero-order valence-electron chi connectivity index (χ0n) is 13.2. The van der Waals surface area contributed by atoms with Crippen LogP contribution in [0.2, 0.25) is 0 Å². The lowest BCUT2D eigenvalue weighted by Crippen LogP contribution is -2.00. The summed E-state index contributed by atoms with van der Waals surface area (Å²) in [5.41, 5.74) is 3.57. The molecule has 0 aliphatic rings. The van der Waals surface area contributed by atoms with Crippen molar-refractivity contribution in [1.29, 1.82) is 5.26 Å². The number of rotatable bonds is 5. The molecule has 3 aromatic rings. The Morgan fingerprint density at radius 1 is 1.00 bits per heavy atom. The van der Waals surface area contributed by atoms with E-state index >= 15 is 0 Å². The fourth-order valence-corrected chi connectivity index (χ4v) is 2.28. The molecule has 0 saturated heterocycles. The molecule has 0 fully saturated rings. The maximum atomic E-state index is 9.07. The SMILES string of the molecule is CCOc1nc(Nc2ccc(-c3ccncc3)cc2)ccc1C#N. The summed E-state index contributed by atoms with van der Waals surface area (Å²) in [5.74, 6) is 0.979. The van der Waals surface area contributed by atoms with Crippen molar-refractivity contribution in [3.63, 3.8) is 0 Å². The molecule has 1 aromatic carbocycles. The summed E-state index contributed by atoms with van der Waals surface area (Å²) < 4.78 is 5.40. The minimum absolute atomic E-state index is 0.346. The van der Waals surface area contributed by atoms with Gasteiger partial charge in [-0.25, -0.2) is 0 Å². The Kier molecular flexibility index (Phi) is 4.68. The number of nitrogens with one attached hydrogen (secondary N) is 1. The lowest BCUT2D eigenvalue weighted by molar-refractivity contribution is 0.326. The molecule has 0 radical (unpaired) electrons. The summed E-state index contributed by atoms with van der Waals surface area (Å²) in [6.45, 7) is 2.33. The van der Waals surface area contributed by atoms with Gasteiger partial charge in [-0.2, -0.15) is 10.2 Å². The second kappa shape index (κ2) is 7.25. The van der Waals surface area contributed by atoms with Crippen LogP contribution in [0.5, 0.6) is 5.88 Å². The summed E-state index contributed by atoms with van der Waals surface area (Å²) in [7, 11) is 0. The molecule has 0 aliphatic carbocycles. The Bertz CT molecular complexity index is 855. The number of aromatic nitrogens is 2. The second-order valence-electron chi connectivity index (χ2n) is 5.03. The van der Waals surface area contributed by atoms with Gasteiger partial charge in [0.05, 0.1) is 6.61 Å². The van der Waals surface area contributed by atoms with E-state index in [4.69, 9.17) is 10.00 Å². The van der Waals surface area contributed by atoms with Crippen LogP contribution in [0.15, 0.2) is 60.9 Å². The average molecular weight is 316 g/mol. The molecular weight excluding hydrogens is 300 g/mol. The molecule has 0 unspecified atom stereocenters. The molecule has 0 atom stereocenters. The van der Waals surface area contributed by atoms with Crippen molar-refractivity contribution in [1.82, 2.24) is 9.97 Å². The molecule has 118 valence electrons. The van der Waals surface area contributed by atoms with E-state index in [-0.39, 0.29) is 0 Å². The summed E-state index contributed by atoms with van der Waals surface area (Å²) in [5, 5.41) is 12.3. The van der Waals surface area contributed by atoms with Gasteiger partial charge in [-0.15, -0.1) is 0 Å². The maximum absolute atomic E-state index is 9.07. The number of pyridine rings is 2. The van der Waals surface area contributed by atoms with Crippen LogP contribution >= 0.6 is 0 Å². The first-order valence-corrected chi connectivity index (χ1v) is 7.61. The van der Waals surface area contributed by atoms with E-state index in [0.717, 1.165) is 16.8 Å². The average Bonchev–Trinajstić information content (AvgIpc) is 2.64. The Labute approximate surface area is 140 Å². The van der Waals surface area contributed by atoms with Crippen molar-refractivity contribution in [3.8, 4) is 23.1 Å². The number of anilines is 2. The van der Waals surface area contributed by atoms with Gasteiger partial charge in [-0.05, 0) is 54.4 Å². The van der Waals surface area contributed by atoms with E-state index < -0.39 is 0 Å². The van der Waals surface area contributed by atoms with Crippen LogP contribution in [0, 0.1) is 11.3 Å². The van der Waals surface area contributed by atoms with Gasteiger partial charge >= 0.3 is 0 Å². The molecule has 0 saturated carbocycles. The summed E-state index contributed by atoms with van der Waals surface area (Å²) >= 11 is 0. The Hall–Kier alpha value is -3.39. The molecule has 0 bridgehead atoms. The van der Waals surface area contributed by atoms with Crippen LogP contribution in [0.3, 0.4) is 0 Å². The number of ether oxygens (including phenoxy) is 1. The zero-order valence-corrected chi connectivity index (χ0v) is 13.2. The van der Waals surface area contributed by atoms with Crippen molar-refractivity contribution < 1.29 is 4.74 Å². The maximum Gasteiger partial charge on any atom is 0.233 e. The lowest BCUT2D eigenvalue weighted by atomic mass is 10.1. The molecule has 0 aliphatic heterocycles. The zero-order chi connectivity index (χ0) is 16.8. The van der Waals surface area contributed by atoms with E-state index in [2.05, 4.69) is 21.4 Å². The topological polar surface area (TPSA) is 70.8 Å². The monoisotopic (exact) mass is 316 g/mol. The van der Waals surface area contributed by atoms with Crippen molar-refractivity contribution in [2.75, 3.05) is 11.9 Å². The largest absolute Gasteiger partial charge is 0.477 e. The van der Waals surface area contributed by atoms with Crippen molar-refractivity contribution in [3.05, 3.63) is 66.5 Å². The van der Waals surface area contributed by atoms with Gasteiger partial charge in [0.15, 0.2) is 0 Å². The number of hydrogen-bond donors (Lipinski definition) is 1. The molecule has 0 spiro atoms. The van der Waals surface area contributed by atoms with Crippen molar-refractivity contribution in [2.45, 2.75) is 6.92 Å². The fraction of sp³-hybridized carbons (Fsp3) is 0.105. The van der Waals surface area contributed by atoms with Crippen LogP contribution in [-0.2, 0) is 0 Å². The Morgan fingerprint density at radius 2 is 1.71 bits per heavy atom. The third-order valence-electron chi connectivity index (χ3n) is 3.43. The van der Waals surface area contributed by atoms with Crippen LogP contribution in [-0.4, -0.2) is 16.6 Å². The van der Waals surface area contributed by atoms with Gasteiger partial charge in [-0.1, -0.05) is 12.1 Å². The normalized spacial score (nSPS) is 10.0. The van der Waals surface area contributed by atoms with E-state index in [9.17, 15) is 0 Å². The smallest absolute Gasteiger partial charge is 0.233 e. The highest BCUT2D eigenvalue weighted by Crippen LogP contribution is 2.24. The third kappa shape index (κ3) is 3.50. The highest BCUT2D eigenvalue weighted by molar-refractivity contribution is 5.67. The summed E-state index contributed by atoms with van der Waals surface area (Å²) in [4.78, 5) is 8.37. The second-order valence-corrected chi connectivity index (χ2v) is 5.03. The van der Waals surface area contributed by atoms with Crippen molar-refractivity contribution >= 4 is 11.5 Å².